The maximum absolute atomic E-state index is 12.7. The van der Waals surface area contributed by atoms with Gasteiger partial charge in [-0.3, -0.25) is 14.3 Å². The molecule has 0 aliphatic heterocycles. The molecule has 8 heteroatoms. The molecule has 0 saturated heterocycles. The second kappa shape index (κ2) is 7.65. The van der Waals surface area contributed by atoms with Crippen LogP contribution in [0.15, 0.2) is 35.3 Å². The van der Waals surface area contributed by atoms with Gasteiger partial charge >= 0.3 is 5.97 Å². The SMILES string of the molecule is CCOC(=O)Cn1c(=NC(=O)c2cc(C)nn2CC)sc2ccccc21. The standard InChI is InChI=1S/C18H20N4O3S/c1-4-22-14(10-12(3)20-22)17(24)19-18-21(11-16(23)25-5-2)13-8-6-7-9-15(13)26-18/h6-10H,4-5,11H2,1-3H3. The van der Waals surface area contributed by atoms with E-state index in [2.05, 4.69) is 10.1 Å². The van der Waals surface area contributed by atoms with Crippen molar-refractivity contribution in [1.29, 1.82) is 0 Å². The number of hydrogen-bond donors (Lipinski definition) is 0. The van der Waals surface area contributed by atoms with Crippen LogP contribution < -0.4 is 4.80 Å². The highest BCUT2D eigenvalue weighted by atomic mass is 32.1. The zero-order valence-electron chi connectivity index (χ0n) is 14.9. The fraction of sp³-hybridized carbons (Fsp3) is 0.333. The van der Waals surface area contributed by atoms with Crippen molar-refractivity contribution in [1.82, 2.24) is 14.3 Å². The maximum Gasteiger partial charge on any atom is 0.326 e. The molecule has 1 amide bonds. The van der Waals surface area contributed by atoms with Gasteiger partial charge in [0.2, 0.25) is 0 Å². The van der Waals surface area contributed by atoms with Crippen LogP contribution in [0.3, 0.4) is 0 Å². The van der Waals surface area contributed by atoms with Crippen molar-refractivity contribution in [2.75, 3.05) is 6.61 Å². The van der Waals surface area contributed by atoms with Crippen LogP contribution in [0.4, 0.5) is 0 Å². The number of benzene rings is 1. The molecule has 7 nitrogen and oxygen atoms in total. The van der Waals surface area contributed by atoms with Crippen molar-refractivity contribution >= 4 is 33.4 Å². The van der Waals surface area contributed by atoms with Crippen LogP contribution in [0.5, 0.6) is 0 Å². The Bertz CT molecular complexity index is 1030. The van der Waals surface area contributed by atoms with E-state index in [4.69, 9.17) is 4.74 Å². The lowest BCUT2D eigenvalue weighted by Crippen LogP contribution is -2.23. The smallest absolute Gasteiger partial charge is 0.326 e. The number of thiazole rings is 1. The van der Waals surface area contributed by atoms with E-state index >= 15 is 0 Å². The highest BCUT2D eigenvalue weighted by molar-refractivity contribution is 7.16. The quantitative estimate of drug-likeness (QED) is 0.645. The lowest BCUT2D eigenvalue weighted by atomic mass is 10.3. The molecule has 0 radical (unpaired) electrons. The number of amides is 1. The number of rotatable bonds is 5. The predicted octanol–water partition coefficient (Wildman–Crippen LogP) is 2.53. The van der Waals surface area contributed by atoms with E-state index in [1.165, 1.54) is 11.3 Å². The average Bonchev–Trinajstić information content (AvgIpc) is 3.16. The molecule has 0 bridgehead atoms. The van der Waals surface area contributed by atoms with E-state index in [0.29, 0.717) is 23.6 Å². The Morgan fingerprint density at radius 2 is 2.04 bits per heavy atom. The van der Waals surface area contributed by atoms with Crippen molar-refractivity contribution in [2.24, 2.45) is 4.99 Å². The number of ether oxygens (including phenoxy) is 1. The fourth-order valence-electron chi connectivity index (χ4n) is 2.70. The van der Waals surface area contributed by atoms with Gasteiger partial charge in [-0.25, -0.2) is 0 Å². The normalized spacial score (nSPS) is 11.9. The number of carbonyl (C=O) groups is 2. The molecule has 3 rings (SSSR count). The number of esters is 1. The van der Waals surface area contributed by atoms with Gasteiger partial charge < -0.3 is 9.30 Å². The lowest BCUT2D eigenvalue weighted by Gasteiger charge is -2.05. The molecule has 0 atom stereocenters. The number of aromatic nitrogens is 3. The molecule has 2 heterocycles. The molecule has 1 aromatic carbocycles. The van der Waals surface area contributed by atoms with Crippen LogP contribution in [-0.4, -0.2) is 32.8 Å². The average molecular weight is 372 g/mol. The molecule has 2 aromatic heterocycles. The van der Waals surface area contributed by atoms with Crippen LogP contribution in [0.25, 0.3) is 10.2 Å². The summed E-state index contributed by atoms with van der Waals surface area (Å²) in [6, 6.07) is 9.35. The van der Waals surface area contributed by atoms with Gasteiger partial charge in [0.25, 0.3) is 5.91 Å². The fourth-order valence-corrected chi connectivity index (χ4v) is 3.73. The van der Waals surface area contributed by atoms with Gasteiger partial charge in [0.1, 0.15) is 12.2 Å². The van der Waals surface area contributed by atoms with E-state index < -0.39 is 0 Å². The Morgan fingerprint density at radius 3 is 2.77 bits per heavy atom. The Morgan fingerprint density at radius 1 is 1.27 bits per heavy atom. The summed E-state index contributed by atoms with van der Waals surface area (Å²) >= 11 is 1.37. The van der Waals surface area contributed by atoms with E-state index in [1.807, 2.05) is 38.1 Å². The van der Waals surface area contributed by atoms with Crippen LogP contribution in [-0.2, 0) is 22.6 Å². The minimum Gasteiger partial charge on any atom is -0.465 e. The zero-order chi connectivity index (χ0) is 18.7. The molecule has 26 heavy (non-hydrogen) atoms. The number of nitrogens with zero attached hydrogens (tertiary/aromatic N) is 4. The highest BCUT2D eigenvalue weighted by Gasteiger charge is 2.15. The summed E-state index contributed by atoms with van der Waals surface area (Å²) in [6.45, 7) is 6.42. The second-order valence-electron chi connectivity index (χ2n) is 5.65. The van der Waals surface area contributed by atoms with Gasteiger partial charge in [0, 0.05) is 6.54 Å². The number of fused-ring (bicyclic) bond motifs is 1. The Hall–Kier alpha value is -2.74. The first-order valence-corrected chi connectivity index (χ1v) is 9.22. The third-order valence-corrected chi connectivity index (χ3v) is 4.86. The van der Waals surface area contributed by atoms with Crippen molar-refractivity contribution in [2.45, 2.75) is 33.9 Å². The first-order chi connectivity index (χ1) is 12.5. The largest absolute Gasteiger partial charge is 0.465 e. The van der Waals surface area contributed by atoms with Gasteiger partial charge in [0.15, 0.2) is 4.80 Å². The van der Waals surface area contributed by atoms with E-state index in [-0.39, 0.29) is 18.4 Å². The molecule has 0 unspecified atom stereocenters. The van der Waals surface area contributed by atoms with E-state index in [0.717, 1.165) is 15.9 Å². The zero-order valence-corrected chi connectivity index (χ0v) is 15.7. The van der Waals surface area contributed by atoms with E-state index in [9.17, 15) is 9.59 Å². The minimum atomic E-state index is -0.378. The summed E-state index contributed by atoms with van der Waals surface area (Å²) in [6.07, 6.45) is 0. The molecule has 0 fully saturated rings. The molecule has 0 aliphatic carbocycles. The topological polar surface area (TPSA) is 78.5 Å². The number of aryl methyl sites for hydroxylation is 2. The summed E-state index contributed by atoms with van der Waals surface area (Å²) in [7, 11) is 0. The molecule has 0 spiro atoms. The first-order valence-electron chi connectivity index (χ1n) is 8.41. The van der Waals surface area contributed by atoms with Crippen molar-refractivity contribution < 1.29 is 14.3 Å². The highest BCUT2D eigenvalue weighted by Crippen LogP contribution is 2.17. The third kappa shape index (κ3) is 3.60. The number of carbonyl (C=O) groups excluding carboxylic acids is 2. The van der Waals surface area contributed by atoms with Crippen LogP contribution in [0.1, 0.15) is 30.0 Å². The Balaban J connectivity index is 2.09. The van der Waals surface area contributed by atoms with Crippen molar-refractivity contribution in [3.05, 3.63) is 46.5 Å². The Kier molecular flexibility index (Phi) is 5.32. The number of hydrogen-bond acceptors (Lipinski definition) is 5. The summed E-state index contributed by atoms with van der Waals surface area (Å²) in [5.74, 6) is -0.740. The lowest BCUT2D eigenvalue weighted by molar-refractivity contribution is -0.143. The minimum absolute atomic E-state index is 0.00995. The second-order valence-corrected chi connectivity index (χ2v) is 6.66. The molecule has 136 valence electrons. The third-order valence-electron chi connectivity index (χ3n) is 3.80. The molecular weight excluding hydrogens is 352 g/mol. The molecule has 0 saturated carbocycles. The number of para-hydroxylation sites is 1. The summed E-state index contributed by atoms with van der Waals surface area (Å²) in [5.41, 5.74) is 2.04. The maximum atomic E-state index is 12.7. The van der Waals surface area contributed by atoms with Crippen LogP contribution >= 0.6 is 11.3 Å². The summed E-state index contributed by atoms with van der Waals surface area (Å²) in [5, 5.41) is 4.29. The van der Waals surface area contributed by atoms with Crippen LogP contribution in [0.2, 0.25) is 0 Å². The molecule has 3 aromatic rings. The Labute approximate surface area is 154 Å². The first kappa shape index (κ1) is 18.1. The van der Waals surface area contributed by atoms with Gasteiger partial charge in [-0.05, 0) is 39.0 Å². The van der Waals surface area contributed by atoms with Crippen molar-refractivity contribution in [3.63, 3.8) is 0 Å². The molecular formula is C18H20N4O3S. The van der Waals surface area contributed by atoms with Gasteiger partial charge in [0.05, 0.1) is 22.5 Å². The monoisotopic (exact) mass is 372 g/mol. The van der Waals surface area contributed by atoms with E-state index in [1.54, 1.807) is 22.2 Å². The van der Waals surface area contributed by atoms with Gasteiger partial charge in [-0.15, -0.1) is 0 Å². The predicted molar refractivity (Wildman–Crippen MR) is 99.0 cm³/mol. The molecule has 0 aliphatic rings. The van der Waals surface area contributed by atoms with Crippen LogP contribution in [0, 0.1) is 6.92 Å². The van der Waals surface area contributed by atoms with Gasteiger partial charge in [-0.2, -0.15) is 10.1 Å². The van der Waals surface area contributed by atoms with Gasteiger partial charge in [-0.1, -0.05) is 23.5 Å². The molecule has 0 N–H and O–H groups in total. The summed E-state index contributed by atoms with van der Waals surface area (Å²) in [4.78, 5) is 29.4. The summed E-state index contributed by atoms with van der Waals surface area (Å²) < 4.78 is 9.35. The van der Waals surface area contributed by atoms with Crippen molar-refractivity contribution in [3.8, 4) is 0 Å².